The second-order valence-electron chi connectivity index (χ2n) is 7.07. The molecule has 0 bridgehead atoms. The number of nitrogens with zero attached hydrogens (tertiary/aromatic N) is 4. The van der Waals surface area contributed by atoms with E-state index >= 15 is 0 Å². The maximum Gasteiger partial charge on any atom is 0.276 e. The van der Waals surface area contributed by atoms with Crippen molar-refractivity contribution in [2.75, 3.05) is 5.32 Å². The number of anilines is 1. The van der Waals surface area contributed by atoms with E-state index in [2.05, 4.69) is 49.9 Å². The summed E-state index contributed by atoms with van der Waals surface area (Å²) >= 11 is 0. The molecule has 3 N–H and O–H groups in total. The highest BCUT2D eigenvalue weighted by molar-refractivity contribution is 6.11. The van der Waals surface area contributed by atoms with E-state index in [1.54, 1.807) is 12.4 Å². The first-order chi connectivity index (χ1) is 14.7. The molecule has 3 heterocycles. The summed E-state index contributed by atoms with van der Waals surface area (Å²) in [4.78, 5) is 12.8. The van der Waals surface area contributed by atoms with Crippen LogP contribution in [0.1, 0.15) is 29.0 Å². The molecule has 148 valence electrons. The van der Waals surface area contributed by atoms with Gasteiger partial charge >= 0.3 is 0 Å². The molecule has 0 saturated carbocycles. The molecular formula is C22H19N7O. The van der Waals surface area contributed by atoms with E-state index in [1.807, 2.05) is 53.5 Å². The molecule has 0 aliphatic heterocycles. The first-order valence-electron chi connectivity index (χ1n) is 9.57. The van der Waals surface area contributed by atoms with E-state index < -0.39 is 0 Å². The quantitative estimate of drug-likeness (QED) is 0.417. The average molecular weight is 397 g/mol. The Labute approximate surface area is 171 Å². The van der Waals surface area contributed by atoms with Gasteiger partial charge in [0.25, 0.3) is 5.91 Å². The van der Waals surface area contributed by atoms with Gasteiger partial charge in [0, 0.05) is 23.3 Å². The first kappa shape index (κ1) is 17.9. The Hall–Kier alpha value is -4.20. The van der Waals surface area contributed by atoms with Crippen molar-refractivity contribution in [1.82, 2.24) is 30.2 Å². The van der Waals surface area contributed by atoms with E-state index in [1.165, 1.54) is 0 Å². The van der Waals surface area contributed by atoms with Gasteiger partial charge in [-0.15, -0.1) is 0 Å². The van der Waals surface area contributed by atoms with Crippen molar-refractivity contribution >= 4 is 22.5 Å². The van der Waals surface area contributed by atoms with Gasteiger partial charge in [-0.1, -0.05) is 36.4 Å². The van der Waals surface area contributed by atoms with E-state index in [-0.39, 0.29) is 11.9 Å². The van der Waals surface area contributed by atoms with Crippen LogP contribution < -0.4 is 5.32 Å². The van der Waals surface area contributed by atoms with Gasteiger partial charge in [0.05, 0.1) is 29.6 Å². The number of H-pyrrole nitrogens is 2. The molecule has 0 fully saturated rings. The van der Waals surface area contributed by atoms with Crippen LogP contribution in [0, 0.1) is 0 Å². The molecule has 3 aromatic heterocycles. The van der Waals surface area contributed by atoms with Crippen LogP contribution in [0.25, 0.3) is 22.0 Å². The summed E-state index contributed by atoms with van der Waals surface area (Å²) in [6.07, 6.45) is 7.03. The Balaban J connectivity index is 1.36. The standard InChI is InChI=1S/C22H19N7O/c1-14(15-5-3-2-4-6-15)29-13-18(12-25-29)26-22(30)21-19-8-7-16(9-20(19)27-28-21)17-10-23-24-11-17/h2-14H,1H3,(H,23,24)(H,26,30)(H,27,28). The molecule has 0 saturated heterocycles. The number of aromatic nitrogens is 6. The van der Waals surface area contributed by atoms with Gasteiger partial charge in [-0.3, -0.25) is 19.7 Å². The lowest BCUT2D eigenvalue weighted by atomic mass is 10.1. The summed E-state index contributed by atoms with van der Waals surface area (Å²) in [5.41, 5.74) is 4.85. The number of rotatable bonds is 5. The lowest BCUT2D eigenvalue weighted by molar-refractivity contribution is 0.102. The normalized spacial score (nSPS) is 12.2. The molecule has 0 radical (unpaired) electrons. The van der Waals surface area contributed by atoms with E-state index in [0.717, 1.165) is 27.6 Å². The van der Waals surface area contributed by atoms with Crippen molar-refractivity contribution in [3.63, 3.8) is 0 Å². The second-order valence-corrected chi connectivity index (χ2v) is 7.07. The average Bonchev–Trinajstić information content (AvgIpc) is 3.53. The SMILES string of the molecule is CC(c1ccccc1)n1cc(NC(=O)c2n[nH]c3cc(-c4cn[nH]c4)ccc23)cn1. The van der Waals surface area contributed by atoms with Crippen LogP contribution in [0.3, 0.4) is 0 Å². The zero-order chi connectivity index (χ0) is 20.5. The Bertz CT molecular complexity index is 1300. The van der Waals surface area contributed by atoms with Crippen molar-refractivity contribution in [2.24, 2.45) is 0 Å². The molecule has 1 atom stereocenters. The van der Waals surface area contributed by atoms with Crippen molar-refractivity contribution in [3.8, 4) is 11.1 Å². The summed E-state index contributed by atoms with van der Waals surface area (Å²) in [6.45, 7) is 2.06. The molecule has 8 heteroatoms. The molecule has 30 heavy (non-hydrogen) atoms. The zero-order valence-electron chi connectivity index (χ0n) is 16.2. The maximum absolute atomic E-state index is 12.8. The number of hydrogen-bond acceptors (Lipinski definition) is 4. The highest BCUT2D eigenvalue weighted by Gasteiger charge is 2.17. The minimum absolute atomic E-state index is 0.0596. The molecule has 5 aromatic rings. The van der Waals surface area contributed by atoms with Crippen molar-refractivity contribution in [1.29, 1.82) is 0 Å². The fourth-order valence-corrected chi connectivity index (χ4v) is 3.47. The summed E-state index contributed by atoms with van der Waals surface area (Å²) in [5, 5.41) is 22.0. The Morgan fingerprint density at radius 3 is 2.77 bits per heavy atom. The number of hydrogen-bond donors (Lipinski definition) is 3. The summed E-state index contributed by atoms with van der Waals surface area (Å²) in [5.74, 6) is -0.288. The fraction of sp³-hybridized carbons (Fsp3) is 0.0909. The zero-order valence-corrected chi connectivity index (χ0v) is 16.2. The van der Waals surface area contributed by atoms with Crippen molar-refractivity contribution in [2.45, 2.75) is 13.0 Å². The van der Waals surface area contributed by atoms with E-state index in [4.69, 9.17) is 0 Å². The molecule has 0 aliphatic rings. The third kappa shape index (κ3) is 3.24. The predicted molar refractivity (Wildman–Crippen MR) is 114 cm³/mol. The molecule has 5 rings (SSSR count). The van der Waals surface area contributed by atoms with E-state index in [0.29, 0.717) is 11.4 Å². The van der Waals surface area contributed by atoms with Crippen LogP contribution >= 0.6 is 0 Å². The highest BCUT2D eigenvalue weighted by atomic mass is 16.2. The molecule has 2 aromatic carbocycles. The van der Waals surface area contributed by atoms with Crippen LogP contribution in [-0.4, -0.2) is 36.1 Å². The number of benzene rings is 2. The first-order valence-corrected chi connectivity index (χ1v) is 9.57. The molecule has 0 spiro atoms. The molecule has 0 aliphatic carbocycles. The van der Waals surface area contributed by atoms with Gasteiger partial charge in [-0.25, -0.2) is 0 Å². The van der Waals surface area contributed by atoms with Crippen LogP contribution in [0.15, 0.2) is 73.3 Å². The number of fused-ring (bicyclic) bond motifs is 1. The topological polar surface area (TPSA) is 104 Å². The molecule has 8 nitrogen and oxygen atoms in total. The highest BCUT2D eigenvalue weighted by Crippen LogP contribution is 2.25. The third-order valence-corrected chi connectivity index (χ3v) is 5.15. The van der Waals surface area contributed by atoms with Crippen LogP contribution in [-0.2, 0) is 0 Å². The lowest BCUT2D eigenvalue weighted by Crippen LogP contribution is -2.12. The molecular weight excluding hydrogens is 378 g/mol. The number of aromatic amines is 2. The minimum Gasteiger partial charge on any atom is -0.318 e. The summed E-state index contributed by atoms with van der Waals surface area (Å²) in [7, 11) is 0. The smallest absolute Gasteiger partial charge is 0.276 e. The van der Waals surface area contributed by atoms with Crippen LogP contribution in [0.2, 0.25) is 0 Å². The van der Waals surface area contributed by atoms with Gasteiger partial charge in [0.1, 0.15) is 0 Å². The monoisotopic (exact) mass is 397 g/mol. The summed E-state index contributed by atoms with van der Waals surface area (Å²) in [6, 6.07) is 15.9. The van der Waals surface area contributed by atoms with Crippen molar-refractivity contribution in [3.05, 3.63) is 84.6 Å². The Morgan fingerprint density at radius 1 is 1.10 bits per heavy atom. The van der Waals surface area contributed by atoms with Crippen molar-refractivity contribution < 1.29 is 4.79 Å². The summed E-state index contributed by atoms with van der Waals surface area (Å²) < 4.78 is 1.82. The minimum atomic E-state index is -0.288. The fourth-order valence-electron chi connectivity index (χ4n) is 3.47. The lowest BCUT2D eigenvalue weighted by Gasteiger charge is -2.12. The van der Waals surface area contributed by atoms with Gasteiger partial charge in [-0.05, 0) is 30.2 Å². The molecule has 1 amide bonds. The van der Waals surface area contributed by atoms with Crippen LogP contribution in [0.4, 0.5) is 5.69 Å². The number of nitrogens with one attached hydrogen (secondary N) is 3. The maximum atomic E-state index is 12.8. The van der Waals surface area contributed by atoms with Crippen LogP contribution in [0.5, 0.6) is 0 Å². The number of carbonyl (C=O) groups excluding carboxylic acids is 1. The second kappa shape index (κ2) is 7.32. The largest absolute Gasteiger partial charge is 0.318 e. The Morgan fingerprint density at radius 2 is 1.97 bits per heavy atom. The van der Waals surface area contributed by atoms with Gasteiger partial charge < -0.3 is 5.32 Å². The number of carbonyl (C=O) groups is 1. The molecule has 1 unspecified atom stereocenters. The van der Waals surface area contributed by atoms with E-state index in [9.17, 15) is 4.79 Å². The number of amides is 1. The van der Waals surface area contributed by atoms with Gasteiger partial charge in [0.15, 0.2) is 5.69 Å². The predicted octanol–water partition coefficient (Wildman–Crippen LogP) is 4.01. The van der Waals surface area contributed by atoms with Gasteiger partial charge in [0.2, 0.25) is 0 Å². The Kier molecular flexibility index (Phi) is 4.36. The van der Waals surface area contributed by atoms with Gasteiger partial charge in [-0.2, -0.15) is 15.3 Å². The third-order valence-electron chi connectivity index (χ3n) is 5.15.